The summed E-state index contributed by atoms with van der Waals surface area (Å²) < 4.78 is 0. The van der Waals surface area contributed by atoms with E-state index in [9.17, 15) is 0 Å². The molecule has 0 aliphatic rings. The van der Waals surface area contributed by atoms with Crippen LogP contribution in [0.15, 0.2) is 0 Å². The van der Waals surface area contributed by atoms with E-state index in [4.69, 9.17) is 14.7 Å². The van der Waals surface area contributed by atoms with E-state index in [0.29, 0.717) is 0 Å². The molecule has 0 saturated heterocycles. The third-order valence-electron chi connectivity index (χ3n) is 0. The molecule has 0 radical (unpaired) electrons. The second kappa shape index (κ2) is 5.31. The molecule has 0 rings (SSSR count). The van der Waals surface area contributed by atoms with E-state index in [1.807, 2.05) is 0 Å². The Morgan fingerprint density at radius 1 is 1.40 bits per heavy atom. The summed E-state index contributed by atoms with van der Waals surface area (Å²) in [6.07, 6.45) is 0. The first-order valence-corrected chi connectivity index (χ1v) is 1.80. The van der Waals surface area contributed by atoms with Gasteiger partial charge in [0.1, 0.15) is 0 Å². The van der Waals surface area contributed by atoms with E-state index in [0.717, 1.165) is 0 Å². The van der Waals surface area contributed by atoms with Crippen molar-refractivity contribution in [3.05, 3.63) is 0 Å². The van der Waals surface area contributed by atoms with Gasteiger partial charge in [-0.05, 0) is 0 Å². The van der Waals surface area contributed by atoms with Crippen molar-refractivity contribution in [2.45, 2.75) is 0 Å². The van der Waals surface area contributed by atoms with E-state index >= 15 is 0 Å². The average molecular weight is 108 g/mol. The van der Waals surface area contributed by atoms with E-state index in [1.165, 1.54) is 0 Å². The maximum atomic E-state index is 7.23. The molecule has 30 valence electrons. The first kappa shape index (κ1) is 9.58. The second-order valence-corrected chi connectivity index (χ2v) is 0.805. The van der Waals surface area contributed by atoms with Gasteiger partial charge in [0, 0.05) is 1.43 Å². The SMILES string of the molecule is OP(O)O.[H-].[HH].[Na+]. The molecule has 3 N–H and O–H groups in total. The van der Waals surface area contributed by atoms with Gasteiger partial charge in [-0.25, -0.2) is 0 Å². The normalized spacial score (nSPS) is 7.20. The summed E-state index contributed by atoms with van der Waals surface area (Å²) in [6.45, 7) is 0. The van der Waals surface area contributed by atoms with Gasteiger partial charge in [-0.1, -0.05) is 0 Å². The Kier molecular flexibility index (Phi) is 10.2. The molecule has 0 atom stereocenters. The Balaban J connectivity index is -0.0000000150. The molecule has 0 aromatic rings. The molecule has 0 aliphatic heterocycles. The van der Waals surface area contributed by atoms with E-state index < -0.39 is 8.60 Å². The van der Waals surface area contributed by atoms with Crippen LogP contribution in [0.3, 0.4) is 0 Å². The first-order chi connectivity index (χ1) is 1.73. The molecular formula is H6NaO3P. The fourth-order valence-electron chi connectivity index (χ4n) is 0. The minimum Gasteiger partial charge on any atom is -1.00 e. The number of rotatable bonds is 0. The zero-order valence-electron chi connectivity index (χ0n) is 3.79. The molecule has 0 aromatic carbocycles. The van der Waals surface area contributed by atoms with Gasteiger partial charge in [0.05, 0.1) is 0 Å². The van der Waals surface area contributed by atoms with Crippen molar-refractivity contribution < 1.29 is 47.1 Å². The van der Waals surface area contributed by atoms with Crippen molar-refractivity contribution in [3.8, 4) is 0 Å². The van der Waals surface area contributed by atoms with Crippen LogP contribution < -0.4 is 29.6 Å². The van der Waals surface area contributed by atoms with Crippen LogP contribution in [-0.4, -0.2) is 14.7 Å². The summed E-state index contributed by atoms with van der Waals surface area (Å²) in [5.41, 5.74) is 0. The third-order valence-corrected chi connectivity index (χ3v) is 0. The molecule has 0 amide bonds. The molecule has 0 spiro atoms. The maximum absolute atomic E-state index is 7.23. The molecule has 0 fully saturated rings. The van der Waals surface area contributed by atoms with Crippen LogP contribution in [-0.2, 0) is 0 Å². The zero-order valence-corrected chi connectivity index (χ0v) is 5.68. The minimum absolute atomic E-state index is 0. The Hall–Kier alpha value is 1.31. The molecule has 0 unspecified atom stereocenters. The van der Waals surface area contributed by atoms with Gasteiger partial charge in [-0.3, -0.25) is 0 Å². The van der Waals surface area contributed by atoms with Crippen molar-refractivity contribution >= 4 is 8.60 Å². The molecule has 0 saturated carbocycles. The fourth-order valence-corrected chi connectivity index (χ4v) is 0. The number of hydrogen-bond donors (Lipinski definition) is 3. The van der Waals surface area contributed by atoms with E-state index in [2.05, 4.69) is 0 Å². The van der Waals surface area contributed by atoms with Crippen molar-refractivity contribution in [1.82, 2.24) is 0 Å². The average Bonchev–Trinajstić information content (AvgIpc) is 0.811. The monoisotopic (exact) mass is 108 g/mol. The molecule has 0 bridgehead atoms. The van der Waals surface area contributed by atoms with Gasteiger partial charge in [-0.2, -0.15) is 0 Å². The van der Waals surface area contributed by atoms with Crippen LogP contribution in [0.2, 0.25) is 0 Å². The molecule has 0 aromatic heterocycles. The van der Waals surface area contributed by atoms with Crippen molar-refractivity contribution in [2.75, 3.05) is 0 Å². The predicted molar refractivity (Wildman–Crippen MR) is 16.8 cm³/mol. The van der Waals surface area contributed by atoms with Crippen LogP contribution in [0.4, 0.5) is 0 Å². The van der Waals surface area contributed by atoms with E-state index in [1.54, 1.807) is 0 Å². The summed E-state index contributed by atoms with van der Waals surface area (Å²) >= 11 is 0. The van der Waals surface area contributed by atoms with Crippen LogP contribution in [0.25, 0.3) is 0 Å². The maximum Gasteiger partial charge on any atom is 1.00 e. The van der Waals surface area contributed by atoms with E-state index in [-0.39, 0.29) is 32.4 Å². The Bertz CT molecular complexity index is 17.7. The van der Waals surface area contributed by atoms with Crippen LogP contribution in [0, 0.1) is 0 Å². The molecule has 0 aliphatic carbocycles. The van der Waals surface area contributed by atoms with Crippen LogP contribution in [0.1, 0.15) is 2.85 Å². The van der Waals surface area contributed by atoms with Gasteiger partial charge in [0.15, 0.2) is 0 Å². The summed E-state index contributed by atoms with van der Waals surface area (Å²) in [4.78, 5) is 21.7. The first-order valence-electron chi connectivity index (χ1n) is 0.600. The van der Waals surface area contributed by atoms with Gasteiger partial charge in [0.2, 0.25) is 0 Å². The Morgan fingerprint density at radius 3 is 1.40 bits per heavy atom. The molecule has 0 heterocycles. The summed E-state index contributed by atoms with van der Waals surface area (Å²) in [6, 6.07) is 0. The molecular weight excluding hydrogens is 102 g/mol. The molecule has 5 heavy (non-hydrogen) atoms. The molecule has 5 heteroatoms. The standard InChI is InChI=1S/Na.H3O3P.H2.H/c;1-4(2)3;;/h;1-3H;1H;/q+1;;;-1. The topological polar surface area (TPSA) is 60.7 Å². The third kappa shape index (κ3) is 33.9. The predicted octanol–water partition coefficient (Wildman–Crippen LogP) is -3.45. The smallest absolute Gasteiger partial charge is 1.00 e. The fraction of sp³-hybridized carbons (Fsp3) is 0. The second-order valence-electron chi connectivity index (χ2n) is 0.268. The Labute approximate surface area is 55.9 Å². The zero-order chi connectivity index (χ0) is 3.58. The van der Waals surface area contributed by atoms with Gasteiger partial charge in [0.25, 0.3) is 0 Å². The van der Waals surface area contributed by atoms with Crippen molar-refractivity contribution in [1.29, 1.82) is 0 Å². The largest absolute Gasteiger partial charge is 1.00 e. The van der Waals surface area contributed by atoms with Crippen molar-refractivity contribution in [3.63, 3.8) is 0 Å². The summed E-state index contributed by atoms with van der Waals surface area (Å²) in [7, 11) is -2.62. The van der Waals surface area contributed by atoms with Crippen molar-refractivity contribution in [2.24, 2.45) is 0 Å². The molecule has 3 nitrogen and oxygen atoms in total. The van der Waals surface area contributed by atoms with Crippen LogP contribution in [0.5, 0.6) is 0 Å². The number of hydrogen-bond acceptors (Lipinski definition) is 3. The van der Waals surface area contributed by atoms with Crippen LogP contribution >= 0.6 is 8.60 Å². The van der Waals surface area contributed by atoms with Gasteiger partial charge < -0.3 is 16.1 Å². The minimum atomic E-state index is -2.62. The quantitative estimate of drug-likeness (QED) is 0.223. The van der Waals surface area contributed by atoms with Gasteiger partial charge in [-0.15, -0.1) is 0 Å². The summed E-state index contributed by atoms with van der Waals surface area (Å²) in [5, 5.41) is 0. The summed E-state index contributed by atoms with van der Waals surface area (Å²) in [5.74, 6) is 0. The van der Waals surface area contributed by atoms with Gasteiger partial charge >= 0.3 is 38.2 Å². The Morgan fingerprint density at radius 2 is 1.40 bits per heavy atom.